The minimum atomic E-state index is -0.319. The number of esters is 1. The van der Waals surface area contributed by atoms with Gasteiger partial charge in [0.15, 0.2) is 0 Å². The third-order valence-corrected chi connectivity index (χ3v) is 5.10. The summed E-state index contributed by atoms with van der Waals surface area (Å²) < 4.78 is 12.2. The topological polar surface area (TPSA) is 35.5 Å². The molecule has 1 fully saturated rings. The summed E-state index contributed by atoms with van der Waals surface area (Å²) in [5.41, 5.74) is 1.65. The standard InChI is InChI=1S/C14H16Br2O3/c1-3-19-14(17)9-7-10(18-2)13(16)11(12(9)15)8-5-4-6-8/h7-8H,3-6H2,1-2H3. The quantitative estimate of drug-likeness (QED) is 0.700. The Kier molecular flexibility index (Phi) is 4.90. The molecule has 3 nitrogen and oxygen atoms in total. The van der Waals surface area contributed by atoms with Crippen LogP contribution in [-0.4, -0.2) is 19.7 Å². The minimum absolute atomic E-state index is 0.319. The van der Waals surface area contributed by atoms with Crippen LogP contribution in [0.25, 0.3) is 0 Å². The summed E-state index contributed by atoms with van der Waals surface area (Å²) >= 11 is 7.14. The molecule has 0 saturated heterocycles. The molecule has 1 aromatic carbocycles. The molecule has 0 heterocycles. The Balaban J connectivity index is 2.51. The van der Waals surface area contributed by atoms with Crippen LogP contribution in [0.15, 0.2) is 15.0 Å². The number of hydrogen-bond donors (Lipinski definition) is 0. The Morgan fingerprint density at radius 1 is 1.37 bits per heavy atom. The van der Waals surface area contributed by atoms with Gasteiger partial charge in [0.25, 0.3) is 0 Å². The Bertz CT molecular complexity index is 496. The molecule has 1 aromatic rings. The minimum Gasteiger partial charge on any atom is -0.496 e. The first kappa shape index (κ1) is 14.9. The molecule has 0 aromatic heterocycles. The summed E-state index contributed by atoms with van der Waals surface area (Å²) in [4.78, 5) is 12.0. The fraction of sp³-hybridized carbons (Fsp3) is 0.500. The zero-order valence-corrected chi connectivity index (χ0v) is 14.1. The number of methoxy groups -OCH3 is 1. The summed E-state index contributed by atoms with van der Waals surface area (Å²) in [6.07, 6.45) is 3.52. The summed E-state index contributed by atoms with van der Waals surface area (Å²) in [7, 11) is 1.60. The van der Waals surface area contributed by atoms with Gasteiger partial charge in [-0.1, -0.05) is 6.42 Å². The fourth-order valence-corrected chi connectivity index (χ4v) is 4.06. The predicted molar refractivity (Wildman–Crippen MR) is 80.9 cm³/mol. The summed E-state index contributed by atoms with van der Waals surface area (Å²) in [5.74, 6) is 0.834. The SMILES string of the molecule is CCOC(=O)c1cc(OC)c(Br)c(C2CCC2)c1Br. The molecule has 0 N–H and O–H groups in total. The molecular formula is C14H16Br2O3. The summed E-state index contributed by atoms with van der Waals surface area (Å²) in [5, 5.41) is 0. The van der Waals surface area contributed by atoms with E-state index in [1.807, 2.05) is 0 Å². The molecule has 0 spiro atoms. The average molecular weight is 392 g/mol. The molecule has 0 unspecified atom stereocenters. The van der Waals surface area contributed by atoms with Crippen LogP contribution in [0.5, 0.6) is 5.75 Å². The van der Waals surface area contributed by atoms with Crippen molar-refractivity contribution in [1.82, 2.24) is 0 Å². The number of carbonyl (C=O) groups excluding carboxylic acids is 1. The number of rotatable bonds is 4. The van der Waals surface area contributed by atoms with Crippen LogP contribution in [0.4, 0.5) is 0 Å². The van der Waals surface area contributed by atoms with Crippen molar-refractivity contribution in [2.45, 2.75) is 32.1 Å². The second-order valence-electron chi connectivity index (χ2n) is 4.52. The van der Waals surface area contributed by atoms with E-state index in [0.717, 1.165) is 27.4 Å². The largest absolute Gasteiger partial charge is 0.496 e. The maximum absolute atomic E-state index is 12.0. The predicted octanol–water partition coefficient (Wildman–Crippen LogP) is 4.66. The third kappa shape index (κ3) is 2.82. The molecule has 1 aliphatic rings. The van der Waals surface area contributed by atoms with Gasteiger partial charge in [0.05, 0.1) is 23.8 Å². The Hall–Kier alpha value is -0.550. The fourth-order valence-electron chi connectivity index (χ4n) is 2.19. The first-order chi connectivity index (χ1) is 9.10. The Morgan fingerprint density at radius 2 is 2.05 bits per heavy atom. The van der Waals surface area contributed by atoms with Crippen molar-refractivity contribution in [3.8, 4) is 5.75 Å². The van der Waals surface area contributed by atoms with Gasteiger partial charge in [-0.05, 0) is 69.2 Å². The van der Waals surface area contributed by atoms with E-state index >= 15 is 0 Å². The van der Waals surface area contributed by atoms with Gasteiger partial charge in [0, 0.05) is 4.47 Å². The lowest BCUT2D eigenvalue weighted by Gasteiger charge is -2.29. The van der Waals surface area contributed by atoms with Gasteiger partial charge in [-0.2, -0.15) is 0 Å². The van der Waals surface area contributed by atoms with Crippen molar-refractivity contribution in [1.29, 1.82) is 0 Å². The van der Waals surface area contributed by atoms with Crippen LogP contribution in [-0.2, 0) is 4.74 Å². The summed E-state index contributed by atoms with van der Waals surface area (Å²) in [6, 6.07) is 1.72. The molecule has 1 aliphatic carbocycles. The number of halogens is 2. The van der Waals surface area contributed by atoms with Crippen LogP contribution in [0.2, 0.25) is 0 Å². The van der Waals surface area contributed by atoms with E-state index < -0.39 is 0 Å². The Morgan fingerprint density at radius 3 is 2.53 bits per heavy atom. The number of ether oxygens (including phenoxy) is 2. The second-order valence-corrected chi connectivity index (χ2v) is 6.10. The van der Waals surface area contributed by atoms with Crippen LogP contribution in [0, 0.1) is 0 Å². The van der Waals surface area contributed by atoms with E-state index in [1.165, 1.54) is 6.42 Å². The molecule has 2 rings (SSSR count). The van der Waals surface area contributed by atoms with Gasteiger partial charge >= 0.3 is 5.97 Å². The maximum Gasteiger partial charge on any atom is 0.339 e. The second kappa shape index (κ2) is 6.27. The van der Waals surface area contributed by atoms with Gasteiger partial charge in [0.1, 0.15) is 5.75 Å². The first-order valence-electron chi connectivity index (χ1n) is 6.33. The normalized spacial score (nSPS) is 14.9. The molecule has 1 saturated carbocycles. The van der Waals surface area contributed by atoms with Crippen LogP contribution >= 0.6 is 31.9 Å². The van der Waals surface area contributed by atoms with Gasteiger partial charge in [-0.25, -0.2) is 4.79 Å². The molecule has 0 bridgehead atoms. The zero-order valence-electron chi connectivity index (χ0n) is 11.0. The molecule has 0 aliphatic heterocycles. The lowest BCUT2D eigenvalue weighted by molar-refractivity contribution is 0.0524. The number of benzene rings is 1. The monoisotopic (exact) mass is 390 g/mol. The highest BCUT2D eigenvalue weighted by molar-refractivity contribution is 9.11. The average Bonchev–Trinajstić information content (AvgIpc) is 2.32. The lowest BCUT2D eigenvalue weighted by Crippen LogP contribution is -2.14. The van der Waals surface area contributed by atoms with Crippen molar-refractivity contribution in [2.24, 2.45) is 0 Å². The lowest BCUT2D eigenvalue weighted by atomic mass is 9.79. The molecular weight excluding hydrogens is 376 g/mol. The van der Waals surface area contributed by atoms with Crippen molar-refractivity contribution < 1.29 is 14.3 Å². The van der Waals surface area contributed by atoms with Crippen molar-refractivity contribution >= 4 is 37.8 Å². The first-order valence-corrected chi connectivity index (χ1v) is 7.91. The van der Waals surface area contributed by atoms with Crippen LogP contribution in [0.3, 0.4) is 0 Å². The van der Waals surface area contributed by atoms with Gasteiger partial charge in [-0.3, -0.25) is 0 Å². The smallest absolute Gasteiger partial charge is 0.339 e. The van der Waals surface area contributed by atoms with Gasteiger partial charge in [-0.15, -0.1) is 0 Å². The van der Waals surface area contributed by atoms with Crippen molar-refractivity contribution in [2.75, 3.05) is 13.7 Å². The van der Waals surface area contributed by atoms with E-state index in [2.05, 4.69) is 31.9 Å². The van der Waals surface area contributed by atoms with Crippen molar-refractivity contribution in [3.05, 3.63) is 26.1 Å². The van der Waals surface area contributed by atoms with Crippen molar-refractivity contribution in [3.63, 3.8) is 0 Å². The van der Waals surface area contributed by atoms with E-state index in [9.17, 15) is 4.79 Å². The highest BCUT2D eigenvalue weighted by Crippen LogP contribution is 2.47. The zero-order chi connectivity index (χ0) is 14.0. The number of carbonyl (C=O) groups is 1. The molecule has 0 atom stereocenters. The van der Waals surface area contributed by atoms with Gasteiger partial charge < -0.3 is 9.47 Å². The van der Waals surface area contributed by atoms with Gasteiger partial charge in [0.2, 0.25) is 0 Å². The van der Waals surface area contributed by atoms with E-state index in [-0.39, 0.29) is 5.97 Å². The third-order valence-electron chi connectivity index (χ3n) is 3.43. The van der Waals surface area contributed by atoms with E-state index in [1.54, 1.807) is 20.1 Å². The van der Waals surface area contributed by atoms with E-state index in [0.29, 0.717) is 23.8 Å². The highest BCUT2D eigenvalue weighted by Gasteiger charge is 2.29. The number of hydrogen-bond acceptors (Lipinski definition) is 3. The van der Waals surface area contributed by atoms with Crippen LogP contribution < -0.4 is 4.74 Å². The molecule has 0 radical (unpaired) electrons. The molecule has 104 valence electrons. The van der Waals surface area contributed by atoms with E-state index in [4.69, 9.17) is 9.47 Å². The Labute approximate surface area is 129 Å². The molecule has 5 heteroatoms. The highest BCUT2D eigenvalue weighted by atomic mass is 79.9. The maximum atomic E-state index is 12.0. The molecule has 19 heavy (non-hydrogen) atoms. The van der Waals surface area contributed by atoms with Crippen LogP contribution in [0.1, 0.15) is 48.0 Å². The molecule has 0 amide bonds. The summed E-state index contributed by atoms with van der Waals surface area (Å²) in [6.45, 7) is 2.16.